The SMILES string of the molecule is O=C(NCC1(CO)CCCCC1)C1CCCN1. The second-order valence-electron chi connectivity index (χ2n) is 5.59. The van der Waals surface area contributed by atoms with Crippen molar-refractivity contribution in [3.8, 4) is 0 Å². The summed E-state index contributed by atoms with van der Waals surface area (Å²) in [6, 6.07) is -0.00525. The molecule has 0 spiro atoms. The second-order valence-corrected chi connectivity index (χ2v) is 5.59. The minimum absolute atomic E-state index is 0.00525. The van der Waals surface area contributed by atoms with Crippen molar-refractivity contribution in [2.75, 3.05) is 19.7 Å². The van der Waals surface area contributed by atoms with E-state index in [4.69, 9.17) is 0 Å². The molecule has 4 heteroatoms. The van der Waals surface area contributed by atoms with Crippen LogP contribution < -0.4 is 10.6 Å². The third kappa shape index (κ3) is 3.19. The van der Waals surface area contributed by atoms with Gasteiger partial charge in [-0.15, -0.1) is 0 Å². The van der Waals surface area contributed by atoms with Crippen LogP contribution in [0.1, 0.15) is 44.9 Å². The molecule has 1 aliphatic carbocycles. The lowest BCUT2D eigenvalue weighted by Crippen LogP contribution is -2.47. The molecule has 0 radical (unpaired) electrons. The lowest BCUT2D eigenvalue weighted by atomic mass is 9.74. The van der Waals surface area contributed by atoms with Crippen LogP contribution in [0.3, 0.4) is 0 Å². The number of nitrogens with one attached hydrogen (secondary N) is 2. The van der Waals surface area contributed by atoms with E-state index in [-0.39, 0.29) is 24.0 Å². The van der Waals surface area contributed by atoms with Crippen LogP contribution >= 0.6 is 0 Å². The van der Waals surface area contributed by atoms with Crippen LogP contribution in [0.15, 0.2) is 0 Å². The maximum absolute atomic E-state index is 11.9. The summed E-state index contributed by atoms with van der Waals surface area (Å²) < 4.78 is 0. The monoisotopic (exact) mass is 240 g/mol. The van der Waals surface area contributed by atoms with Gasteiger partial charge in [-0.25, -0.2) is 0 Å². The number of aliphatic hydroxyl groups is 1. The van der Waals surface area contributed by atoms with E-state index in [9.17, 15) is 9.90 Å². The first-order chi connectivity index (χ1) is 8.26. The summed E-state index contributed by atoms with van der Waals surface area (Å²) in [7, 11) is 0. The number of carbonyl (C=O) groups excluding carboxylic acids is 1. The van der Waals surface area contributed by atoms with Gasteiger partial charge in [0, 0.05) is 12.0 Å². The fourth-order valence-corrected chi connectivity index (χ4v) is 3.00. The van der Waals surface area contributed by atoms with Crippen molar-refractivity contribution < 1.29 is 9.90 Å². The molecule has 0 aromatic heterocycles. The van der Waals surface area contributed by atoms with Gasteiger partial charge in [0.25, 0.3) is 0 Å². The van der Waals surface area contributed by atoms with Crippen LogP contribution in [0.5, 0.6) is 0 Å². The second kappa shape index (κ2) is 5.83. The van der Waals surface area contributed by atoms with Crippen molar-refractivity contribution in [3.05, 3.63) is 0 Å². The van der Waals surface area contributed by atoms with E-state index >= 15 is 0 Å². The summed E-state index contributed by atoms with van der Waals surface area (Å²) >= 11 is 0. The zero-order valence-electron chi connectivity index (χ0n) is 10.5. The van der Waals surface area contributed by atoms with Crippen LogP contribution in [-0.2, 0) is 4.79 Å². The Morgan fingerprint density at radius 1 is 1.29 bits per heavy atom. The lowest BCUT2D eigenvalue weighted by molar-refractivity contribution is -0.123. The molecule has 1 saturated heterocycles. The average Bonchev–Trinajstić information content (AvgIpc) is 2.91. The van der Waals surface area contributed by atoms with Crippen molar-refractivity contribution in [1.29, 1.82) is 0 Å². The topological polar surface area (TPSA) is 61.4 Å². The summed E-state index contributed by atoms with van der Waals surface area (Å²) in [5.41, 5.74) is -0.0491. The molecule has 2 aliphatic rings. The molecular formula is C13H24N2O2. The predicted molar refractivity (Wildman–Crippen MR) is 66.6 cm³/mol. The molecule has 2 fully saturated rings. The minimum Gasteiger partial charge on any atom is -0.396 e. The largest absolute Gasteiger partial charge is 0.396 e. The molecule has 1 aliphatic heterocycles. The maximum atomic E-state index is 11.9. The summed E-state index contributed by atoms with van der Waals surface area (Å²) in [5, 5.41) is 15.8. The summed E-state index contributed by atoms with van der Waals surface area (Å²) in [5.74, 6) is 0.112. The zero-order chi connectivity index (χ0) is 12.1. The van der Waals surface area contributed by atoms with E-state index in [0.29, 0.717) is 6.54 Å². The number of hydrogen-bond donors (Lipinski definition) is 3. The predicted octanol–water partition coefficient (Wildman–Crippen LogP) is 0.797. The first kappa shape index (κ1) is 12.8. The van der Waals surface area contributed by atoms with Crippen LogP contribution in [0.4, 0.5) is 0 Å². The molecule has 1 unspecified atom stereocenters. The molecule has 0 aromatic carbocycles. The molecule has 98 valence electrons. The number of rotatable bonds is 4. The molecule has 1 heterocycles. The van der Waals surface area contributed by atoms with Gasteiger partial charge in [-0.3, -0.25) is 4.79 Å². The van der Waals surface area contributed by atoms with Crippen molar-refractivity contribution in [1.82, 2.24) is 10.6 Å². The van der Waals surface area contributed by atoms with Crippen molar-refractivity contribution >= 4 is 5.91 Å². The minimum atomic E-state index is -0.0491. The van der Waals surface area contributed by atoms with E-state index in [2.05, 4.69) is 10.6 Å². The quantitative estimate of drug-likeness (QED) is 0.681. The van der Waals surface area contributed by atoms with Crippen LogP contribution in [0.25, 0.3) is 0 Å². The highest BCUT2D eigenvalue weighted by molar-refractivity contribution is 5.82. The first-order valence-corrected chi connectivity index (χ1v) is 6.88. The van der Waals surface area contributed by atoms with Gasteiger partial charge >= 0.3 is 0 Å². The molecule has 1 amide bonds. The Kier molecular flexibility index (Phi) is 4.40. The Balaban J connectivity index is 1.80. The molecule has 1 atom stereocenters. The van der Waals surface area contributed by atoms with Crippen molar-refractivity contribution in [2.24, 2.45) is 5.41 Å². The molecule has 3 N–H and O–H groups in total. The molecule has 1 saturated carbocycles. The average molecular weight is 240 g/mol. The van der Waals surface area contributed by atoms with Gasteiger partial charge in [-0.1, -0.05) is 19.3 Å². The van der Waals surface area contributed by atoms with E-state index in [1.165, 1.54) is 19.3 Å². The van der Waals surface area contributed by atoms with E-state index in [0.717, 1.165) is 32.2 Å². The van der Waals surface area contributed by atoms with Gasteiger partial charge in [0.2, 0.25) is 5.91 Å². The standard InChI is InChI=1S/C13H24N2O2/c16-10-13(6-2-1-3-7-13)9-15-12(17)11-5-4-8-14-11/h11,14,16H,1-10H2,(H,15,17). The van der Waals surface area contributed by atoms with Crippen molar-refractivity contribution in [2.45, 2.75) is 51.0 Å². The van der Waals surface area contributed by atoms with Gasteiger partial charge in [-0.05, 0) is 32.2 Å². The fraction of sp³-hybridized carbons (Fsp3) is 0.923. The van der Waals surface area contributed by atoms with Gasteiger partial charge in [0.15, 0.2) is 0 Å². The first-order valence-electron chi connectivity index (χ1n) is 6.88. The molecule has 17 heavy (non-hydrogen) atoms. The van der Waals surface area contributed by atoms with Gasteiger partial charge in [-0.2, -0.15) is 0 Å². The molecule has 2 rings (SSSR count). The number of hydrogen-bond acceptors (Lipinski definition) is 3. The highest BCUT2D eigenvalue weighted by Gasteiger charge is 2.32. The smallest absolute Gasteiger partial charge is 0.237 e. The number of carbonyl (C=O) groups is 1. The van der Waals surface area contributed by atoms with Crippen LogP contribution in [0, 0.1) is 5.41 Å². The Bertz CT molecular complexity index is 256. The third-order valence-electron chi connectivity index (χ3n) is 4.26. The van der Waals surface area contributed by atoms with Crippen LogP contribution in [-0.4, -0.2) is 36.8 Å². The molecule has 4 nitrogen and oxygen atoms in total. The van der Waals surface area contributed by atoms with Crippen molar-refractivity contribution in [3.63, 3.8) is 0 Å². The van der Waals surface area contributed by atoms with Gasteiger partial charge in [0.1, 0.15) is 0 Å². The summed E-state index contributed by atoms with van der Waals surface area (Å²) in [4.78, 5) is 11.9. The third-order valence-corrected chi connectivity index (χ3v) is 4.26. The maximum Gasteiger partial charge on any atom is 0.237 e. The molecule has 0 aromatic rings. The van der Waals surface area contributed by atoms with Gasteiger partial charge < -0.3 is 15.7 Å². The number of aliphatic hydroxyl groups excluding tert-OH is 1. The highest BCUT2D eigenvalue weighted by Crippen LogP contribution is 2.35. The Hall–Kier alpha value is -0.610. The summed E-state index contributed by atoms with van der Waals surface area (Å²) in [6.07, 6.45) is 7.74. The van der Waals surface area contributed by atoms with Gasteiger partial charge in [0.05, 0.1) is 12.6 Å². The van der Waals surface area contributed by atoms with E-state index < -0.39 is 0 Å². The fourth-order valence-electron chi connectivity index (χ4n) is 3.00. The highest BCUT2D eigenvalue weighted by atomic mass is 16.3. The summed E-state index contributed by atoms with van der Waals surface area (Å²) in [6.45, 7) is 1.79. The molecule has 0 bridgehead atoms. The number of amides is 1. The Morgan fingerprint density at radius 2 is 2.06 bits per heavy atom. The normalized spacial score (nSPS) is 27.9. The Morgan fingerprint density at radius 3 is 2.65 bits per heavy atom. The lowest BCUT2D eigenvalue weighted by Gasteiger charge is -2.35. The zero-order valence-corrected chi connectivity index (χ0v) is 10.5. The van der Waals surface area contributed by atoms with Crippen LogP contribution in [0.2, 0.25) is 0 Å². The molecular weight excluding hydrogens is 216 g/mol. The Labute approximate surface area is 103 Å². The van der Waals surface area contributed by atoms with E-state index in [1.807, 2.05) is 0 Å². The van der Waals surface area contributed by atoms with E-state index in [1.54, 1.807) is 0 Å².